The van der Waals surface area contributed by atoms with Crippen LogP contribution in [0.3, 0.4) is 0 Å². The molecule has 5 heteroatoms. The molecule has 1 N–H and O–H groups in total. The molecule has 0 radical (unpaired) electrons. The van der Waals surface area contributed by atoms with Gasteiger partial charge in [0.15, 0.2) is 0 Å². The topological polar surface area (TPSA) is 68.4 Å². The van der Waals surface area contributed by atoms with Crippen molar-refractivity contribution in [3.05, 3.63) is 33.7 Å². The van der Waals surface area contributed by atoms with E-state index in [0.29, 0.717) is 5.56 Å². The fraction of sp³-hybridized carbons (Fsp3) is 0.333. The Hall–Kier alpha value is -1.62. The molecule has 0 aliphatic carbocycles. The third kappa shape index (κ3) is 2.00. The summed E-state index contributed by atoms with van der Waals surface area (Å²) in [5, 5.41) is 0. The molecule has 0 aromatic carbocycles. The van der Waals surface area contributed by atoms with Gasteiger partial charge in [-0.05, 0) is 11.6 Å². The Labute approximate surface area is 80.7 Å². The minimum atomic E-state index is -0.654. The van der Waals surface area contributed by atoms with Crippen molar-refractivity contribution in [1.29, 1.82) is 0 Å². The first-order valence-corrected chi connectivity index (χ1v) is 3.98. The van der Waals surface area contributed by atoms with Gasteiger partial charge < -0.3 is 14.5 Å². The highest BCUT2D eigenvalue weighted by Crippen LogP contribution is 2.05. The molecule has 0 unspecified atom stereocenters. The van der Waals surface area contributed by atoms with E-state index < -0.39 is 11.5 Å². The van der Waals surface area contributed by atoms with Gasteiger partial charge >= 0.3 is 5.97 Å². The van der Waals surface area contributed by atoms with Crippen LogP contribution in [0.25, 0.3) is 0 Å². The highest BCUT2D eigenvalue weighted by molar-refractivity contribution is 5.90. The lowest BCUT2D eigenvalue weighted by atomic mass is 10.1. The smallest absolute Gasteiger partial charge is 0.343 e. The summed E-state index contributed by atoms with van der Waals surface area (Å²) in [7, 11) is 2.72. The average Bonchev–Trinajstić information content (AvgIpc) is 2.18. The van der Waals surface area contributed by atoms with Gasteiger partial charge in [0.05, 0.1) is 13.7 Å². The maximum atomic E-state index is 11.3. The second-order valence-corrected chi connectivity index (χ2v) is 2.63. The number of carbonyl (C=O) groups excluding carboxylic acids is 1. The largest absolute Gasteiger partial charge is 0.465 e. The summed E-state index contributed by atoms with van der Waals surface area (Å²) in [5.41, 5.74) is 0.0475. The van der Waals surface area contributed by atoms with Crippen LogP contribution >= 0.6 is 0 Å². The van der Waals surface area contributed by atoms with E-state index in [2.05, 4.69) is 9.72 Å². The van der Waals surface area contributed by atoms with Gasteiger partial charge in [0.2, 0.25) is 0 Å². The van der Waals surface area contributed by atoms with Crippen LogP contribution in [-0.2, 0) is 16.1 Å². The lowest BCUT2D eigenvalue weighted by molar-refractivity contribution is 0.0593. The Morgan fingerprint density at radius 3 is 2.79 bits per heavy atom. The third-order valence-corrected chi connectivity index (χ3v) is 1.74. The lowest BCUT2D eigenvalue weighted by Gasteiger charge is -2.04. The first kappa shape index (κ1) is 10.5. The van der Waals surface area contributed by atoms with Gasteiger partial charge in [0.25, 0.3) is 5.56 Å². The Morgan fingerprint density at radius 2 is 2.21 bits per heavy atom. The number of hydrogen-bond acceptors (Lipinski definition) is 4. The molecule has 1 rings (SSSR count). The molecule has 0 amide bonds. The van der Waals surface area contributed by atoms with E-state index in [1.807, 2.05) is 0 Å². The van der Waals surface area contributed by atoms with E-state index in [1.54, 1.807) is 6.07 Å². The number of aromatic nitrogens is 1. The molecular formula is C9H11NO4. The molecule has 1 heterocycles. The van der Waals surface area contributed by atoms with E-state index in [9.17, 15) is 9.59 Å². The zero-order valence-corrected chi connectivity index (χ0v) is 7.99. The summed E-state index contributed by atoms with van der Waals surface area (Å²) in [5.74, 6) is -0.654. The van der Waals surface area contributed by atoms with Crippen LogP contribution in [0.5, 0.6) is 0 Å². The average molecular weight is 197 g/mol. The number of nitrogens with one attached hydrogen (secondary N) is 1. The van der Waals surface area contributed by atoms with Crippen LogP contribution in [-0.4, -0.2) is 25.2 Å². The molecule has 0 saturated carbocycles. The van der Waals surface area contributed by atoms with Crippen LogP contribution in [0.1, 0.15) is 15.9 Å². The summed E-state index contributed by atoms with van der Waals surface area (Å²) in [6, 6.07) is 1.61. The van der Waals surface area contributed by atoms with Gasteiger partial charge in [-0.2, -0.15) is 0 Å². The Balaban J connectivity index is 3.22. The van der Waals surface area contributed by atoms with Gasteiger partial charge in [-0.1, -0.05) is 0 Å². The number of aromatic amines is 1. The second kappa shape index (κ2) is 4.57. The highest BCUT2D eigenvalue weighted by Gasteiger charge is 2.15. The summed E-state index contributed by atoms with van der Waals surface area (Å²) in [4.78, 5) is 24.9. The monoisotopic (exact) mass is 197 g/mol. The summed E-state index contributed by atoms with van der Waals surface area (Å²) in [6.07, 6.45) is 1.46. The van der Waals surface area contributed by atoms with Crippen molar-refractivity contribution in [2.24, 2.45) is 0 Å². The lowest BCUT2D eigenvalue weighted by Crippen LogP contribution is -2.21. The molecule has 0 spiro atoms. The highest BCUT2D eigenvalue weighted by atomic mass is 16.5. The molecule has 5 nitrogen and oxygen atoms in total. The zero-order chi connectivity index (χ0) is 10.6. The number of esters is 1. The fourth-order valence-corrected chi connectivity index (χ4v) is 1.12. The first-order chi connectivity index (χ1) is 6.70. The van der Waals surface area contributed by atoms with Crippen molar-refractivity contribution in [1.82, 2.24) is 4.98 Å². The van der Waals surface area contributed by atoms with Crippen LogP contribution in [0.15, 0.2) is 17.1 Å². The molecule has 76 valence electrons. The number of pyridine rings is 1. The molecule has 14 heavy (non-hydrogen) atoms. The van der Waals surface area contributed by atoms with Crippen LogP contribution in [0.4, 0.5) is 0 Å². The van der Waals surface area contributed by atoms with E-state index in [0.717, 1.165) is 0 Å². The van der Waals surface area contributed by atoms with Gasteiger partial charge in [0.1, 0.15) is 5.56 Å². The van der Waals surface area contributed by atoms with Crippen molar-refractivity contribution >= 4 is 5.97 Å². The number of rotatable bonds is 3. The maximum absolute atomic E-state index is 11.3. The van der Waals surface area contributed by atoms with Crippen molar-refractivity contribution in [2.75, 3.05) is 14.2 Å². The van der Waals surface area contributed by atoms with Gasteiger partial charge in [-0.25, -0.2) is 4.79 Å². The van der Waals surface area contributed by atoms with E-state index in [4.69, 9.17) is 4.74 Å². The molecule has 1 aromatic rings. The van der Waals surface area contributed by atoms with Crippen LogP contribution < -0.4 is 5.56 Å². The van der Waals surface area contributed by atoms with Gasteiger partial charge in [-0.15, -0.1) is 0 Å². The quantitative estimate of drug-likeness (QED) is 0.708. The standard InChI is InChI=1S/C9H11NO4/c1-13-5-6-3-4-10-8(11)7(6)9(12)14-2/h3-4H,5H2,1-2H3,(H,10,11). The molecular weight excluding hydrogens is 186 g/mol. The normalized spacial score (nSPS) is 9.86. The van der Waals surface area contributed by atoms with Crippen molar-refractivity contribution in [3.8, 4) is 0 Å². The van der Waals surface area contributed by atoms with Crippen molar-refractivity contribution in [2.45, 2.75) is 6.61 Å². The van der Waals surface area contributed by atoms with Crippen molar-refractivity contribution in [3.63, 3.8) is 0 Å². The SMILES string of the molecule is COCc1cc[nH]c(=O)c1C(=O)OC. The van der Waals surface area contributed by atoms with Crippen molar-refractivity contribution < 1.29 is 14.3 Å². The molecule has 0 saturated heterocycles. The molecule has 0 aliphatic rings. The minimum absolute atomic E-state index is 0.00292. The zero-order valence-electron chi connectivity index (χ0n) is 7.99. The Kier molecular flexibility index (Phi) is 3.41. The first-order valence-electron chi connectivity index (χ1n) is 3.98. The second-order valence-electron chi connectivity index (χ2n) is 2.63. The Bertz CT molecular complexity index is 383. The number of carbonyl (C=O) groups is 1. The predicted molar refractivity (Wildman–Crippen MR) is 49.1 cm³/mol. The summed E-state index contributed by atoms with van der Waals surface area (Å²) in [6.45, 7) is 0.203. The molecule has 0 atom stereocenters. The molecule has 1 aromatic heterocycles. The fourth-order valence-electron chi connectivity index (χ4n) is 1.12. The van der Waals surface area contributed by atoms with Crippen LogP contribution in [0, 0.1) is 0 Å². The molecule has 0 aliphatic heterocycles. The Morgan fingerprint density at radius 1 is 1.50 bits per heavy atom. The van der Waals surface area contributed by atoms with E-state index in [-0.39, 0.29) is 12.2 Å². The van der Waals surface area contributed by atoms with Gasteiger partial charge in [0, 0.05) is 13.3 Å². The summed E-state index contributed by atoms with van der Waals surface area (Å²) < 4.78 is 9.35. The molecule has 0 bridgehead atoms. The predicted octanol–water partition coefficient (Wildman–Crippen LogP) is 0.308. The van der Waals surface area contributed by atoms with Gasteiger partial charge in [-0.3, -0.25) is 4.79 Å². The summed E-state index contributed by atoms with van der Waals surface area (Å²) >= 11 is 0. The number of methoxy groups -OCH3 is 2. The number of ether oxygens (including phenoxy) is 2. The maximum Gasteiger partial charge on any atom is 0.343 e. The number of hydrogen-bond donors (Lipinski definition) is 1. The minimum Gasteiger partial charge on any atom is -0.465 e. The van der Waals surface area contributed by atoms with E-state index in [1.165, 1.54) is 20.4 Å². The third-order valence-electron chi connectivity index (χ3n) is 1.74. The van der Waals surface area contributed by atoms with E-state index >= 15 is 0 Å². The molecule has 0 fully saturated rings. The number of H-pyrrole nitrogens is 1. The van der Waals surface area contributed by atoms with Crippen LogP contribution in [0.2, 0.25) is 0 Å².